The molecule has 2 aromatic carbocycles. The number of hydrogen-bond acceptors (Lipinski definition) is 5. The smallest absolute Gasteiger partial charge is 0.273 e. The van der Waals surface area contributed by atoms with E-state index in [0.29, 0.717) is 11.3 Å². The number of likely N-dealkylation sites (N-methyl/N-ethyl adjacent to an activating group) is 1. The fraction of sp³-hybridized carbons (Fsp3) is 0.458. The molecular formula is C24H32N4O3. The molecule has 31 heavy (non-hydrogen) atoms. The highest BCUT2D eigenvalue weighted by Gasteiger charge is 2.26. The van der Waals surface area contributed by atoms with Gasteiger partial charge in [-0.2, -0.15) is 0 Å². The Hall–Kier alpha value is -2.77. The second-order valence-corrected chi connectivity index (χ2v) is 9.29. The van der Waals surface area contributed by atoms with Crippen LogP contribution >= 0.6 is 0 Å². The van der Waals surface area contributed by atoms with Crippen molar-refractivity contribution in [3.63, 3.8) is 0 Å². The van der Waals surface area contributed by atoms with Crippen molar-refractivity contribution in [1.82, 2.24) is 9.80 Å². The van der Waals surface area contributed by atoms with E-state index < -0.39 is 4.92 Å². The van der Waals surface area contributed by atoms with Crippen molar-refractivity contribution in [2.45, 2.75) is 32.6 Å². The van der Waals surface area contributed by atoms with Crippen LogP contribution in [0.5, 0.6) is 0 Å². The second-order valence-electron chi connectivity index (χ2n) is 9.29. The zero-order valence-electron chi connectivity index (χ0n) is 18.9. The third-order valence-corrected chi connectivity index (χ3v) is 5.79. The highest BCUT2D eigenvalue weighted by atomic mass is 16.6. The van der Waals surface area contributed by atoms with Gasteiger partial charge in [-0.05, 0) is 42.6 Å². The largest absolute Gasteiger partial charge is 0.322 e. The lowest BCUT2D eigenvalue weighted by Gasteiger charge is -2.32. The summed E-state index contributed by atoms with van der Waals surface area (Å²) >= 11 is 0. The van der Waals surface area contributed by atoms with E-state index in [9.17, 15) is 14.9 Å². The summed E-state index contributed by atoms with van der Waals surface area (Å²) < 4.78 is 0. The first-order valence-corrected chi connectivity index (χ1v) is 10.7. The molecule has 0 spiro atoms. The molecule has 0 unspecified atom stereocenters. The van der Waals surface area contributed by atoms with E-state index in [0.717, 1.165) is 39.1 Å². The lowest BCUT2D eigenvalue weighted by molar-refractivity contribution is -0.386. The number of benzene rings is 2. The molecule has 1 amide bonds. The molecule has 0 atom stereocenters. The van der Waals surface area contributed by atoms with Gasteiger partial charge in [0.05, 0.1) is 4.92 Å². The summed E-state index contributed by atoms with van der Waals surface area (Å²) in [5.74, 6) is -0.353. The van der Waals surface area contributed by atoms with Crippen LogP contribution in [0.2, 0.25) is 0 Å². The Morgan fingerprint density at radius 1 is 1.06 bits per heavy atom. The van der Waals surface area contributed by atoms with Crippen LogP contribution in [0.15, 0.2) is 42.5 Å². The summed E-state index contributed by atoms with van der Waals surface area (Å²) in [5, 5.41) is 14.3. The number of carbonyl (C=O) groups excluding carboxylic acids is 1. The minimum absolute atomic E-state index is 0.0283. The van der Waals surface area contributed by atoms with Crippen LogP contribution in [-0.2, 0) is 11.8 Å². The van der Waals surface area contributed by atoms with Crippen LogP contribution in [0.1, 0.15) is 42.3 Å². The molecule has 7 nitrogen and oxygen atoms in total. The maximum Gasteiger partial charge on any atom is 0.273 e. The third kappa shape index (κ3) is 6.12. The van der Waals surface area contributed by atoms with E-state index in [1.165, 1.54) is 11.6 Å². The van der Waals surface area contributed by atoms with Crippen LogP contribution in [0.25, 0.3) is 0 Å². The number of nitrogens with one attached hydrogen (secondary N) is 1. The maximum atomic E-state index is 12.6. The van der Waals surface area contributed by atoms with Gasteiger partial charge >= 0.3 is 0 Å². The lowest BCUT2D eigenvalue weighted by Crippen LogP contribution is -2.45. The minimum atomic E-state index is -0.424. The minimum Gasteiger partial charge on any atom is -0.322 e. The molecule has 0 radical (unpaired) electrons. The highest BCUT2D eigenvalue weighted by molar-refractivity contribution is 6.04. The van der Waals surface area contributed by atoms with Gasteiger partial charge in [0, 0.05) is 55.6 Å². The molecule has 2 aromatic rings. The average molecular weight is 425 g/mol. The van der Waals surface area contributed by atoms with Crippen molar-refractivity contribution in [3.8, 4) is 0 Å². The van der Waals surface area contributed by atoms with Gasteiger partial charge in [0.1, 0.15) is 0 Å². The third-order valence-electron chi connectivity index (χ3n) is 5.79. The summed E-state index contributed by atoms with van der Waals surface area (Å²) in [7, 11) is 2.15. The number of amides is 1. The molecule has 1 heterocycles. The highest BCUT2D eigenvalue weighted by Crippen LogP contribution is 2.32. The van der Waals surface area contributed by atoms with Crippen molar-refractivity contribution in [2.24, 2.45) is 0 Å². The SMILES string of the molecule is CN1CCN(CCc2ccc(NC(=O)c3ccc(C(C)(C)C)c([N+](=O)[O-])c3)cc2)CC1. The number of anilines is 1. The molecule has 0 bridgehead atoms. The Balaban J connectivity index is 1.61. The number of piperazine rings is 1. The Labute approximate surface area is 184 Å². The first kappa shape index (κ1) is 22.9. The zero-order valence-corrected chi connectivity index (χ0v) is 18.9. The summed E-state index contributed by atoms with van der Waals surface area (Å²) in [5.41, 5.74) is 2.38. The van der Waals surface area contributed by atoms with Gasteiger partial charge in [-0.15, -0.1) is 0 Å². The Kier molecular flexibility index (Phi) is 7.08. The van der Waals surface area contributed by atoms with Gasteiger partial charge in [0.2, 0.25) is 0 Å². The number of nitro groups is 1. The topological polar surface area (TPSA) is 78.7 Å². The van der Waals surface area contributed by atoms with Crippen LogP contribution in [0, 0.1) is 10.1 Å². The first-order chi connectivity index (χ1) is 14.6. The van der Waals surface area contributed by atoms with Gasteiger partial charge in [0.15, 0.2) is 0 Å². The van der Waals surface area contributed by atoms with E-state index in [4.69, 9.17) is 0 Å². The number of nitro benzene ring substituents is 1. The summed E-state index contributed by atoms with van der Waals surface area (Å²) in [6.07, 6.45) is 0.971. The Morgan fingerprint density at radius 2 is 1.71 bits per heavy atom. The van der Waals surface area contributed by atoms with Gasteiger partial charge < -0.3 is 15.1 Å². The molecule has 1 N–H and O–H groups in total. The van der Waals surface area contributed by atoms with Crippen LogP contribution < -0.4 is 5.32 Å². The summed E-state index contributed by atoms with van der Waals surface area (Å²) in [6.45, 7) is 11.2. The average Bonchev–Trinajstić information content (AvgIpc) is 2.73. The second kappa shape index (κ2) is 9.58. The van der Waals surface area contributed by atoms with Gasteiger partial charge in [-0.1, -0.05) is 39.0 Å². The van der Waals surface area contributed by atoms with Crippen LogP contribution in [-0.4, -0.2) is 60.4 Å². The molecule has 166 valence electrons. The summed E-state index contributed by atoms with van der Waals surface area (Å²) in [6, 6.07) is 12.5. The molecule has 7 heteroatoms. The van der Waals surface area contributed by atoms with E-state index in [1.54, 1.807) is 12.1 Å². The molecule has 0 saturated carbocycles. The number of nitrogens with zero attached hydrogens (tertiary/aromatic N) is 3. The molecule has 1 aliphatic rings. The van der Waals surface area contributed by atoms with Crippen LogP contribution in [0.4, 0.5) is 11.4 Å². The fourth-order valence-corrected chi connectivity index (χ4v) is 3.77. The van der Waals surface area contributed by atoms with Gasteiger partial charge in [0.25, 0.3) is 11.6 Å². The normalized spacial score (nSPS) is 15.6. The van der Waals surface area contributed by atoms with Crippen LogP contribution in [0.3, 0.4) is 0 Å². The maximum absolute atomic E-state index is 12.6. The predicted molar refractivity (Wildman–Crippen MR) is 124 cm³/mol. The molecule has 0 aromatic heterocycles. The number of carbonyl (C=O) groups is 1. The van der Waals surface area contributed by atoms with Crippen molar-refractivity contribution in [3.05, 3.63) is 69.3 Å². The molecule has 1 saturated heterocycles. The van der Waals surface area contributed by atoms with Crippen molar-refractivity contribution >= 4 is 17.3 Å². The van der Waals surface area contributed by atoms with Crippen molar-refractivity contribution < 1.29 is 9.72 Å². The first-order valence-electron chi connectivity index (χ1n) is 10.7. The number of hydrogen-bond donors (Lipinski definition) is 1. The van der Waals surface area contributed by atoms with E-state index >= 15 is 0 Å². The molecule has 0 aliphatic carbocycles. The molecule has 1 fully saturated rings. The lowest BCUT2D eigenvalue weighted by atomic mass is 9.85. The summed E-state index contributed by atoms with van der Waals surface area (Å²) in [4.78, 5) is 28.5. The Morgan fingerprint density at radius 3 is 2.29 bits per heavy atom. The standard InChI is InChI=1S/C24H32N4O3/c1-24(2,3)21-10-7-19(17-22(21)28(30)31)23(29)25-20-8-5-18(6-9-20)11-12-27-15-13-26(4)14-16-27/h5-10,17H,11-16H2,1-4H3,(H,25,29). The zero-order chi connectivity index (χ0) is 22.6. The molecular weight excluding hydrogens is 392 g/mol. The predicted octanol–water partition coefficient (Wildman–Crippen LogP) is 3.93. The fourth-order valence-electron chi connectivity index (χ4n) is 3.77. The van der Waals surface area contributed by atoms with Gasteiger partial charge in [-0.3, -0.25) is 14.9 Å². The van der Waals surface area contributed by atoms with E-state index in [-0.39, 0.29) is 22.6 Å². The van der Waals surface area contributed by atoms with E-state index in [1.807, 2.05) is 45.0 Å². The number of rotatable bonds is 6. The molecule has 1 aliphatic heterocycles. The van der Waals surface area contributed by atoms with Crippen molar-refractivity contribution in [2.75, 3.05) is 45.1 Å². The Bertz CT molecular complexity index is 927. The molecule has 3 rings (SSSR count). The van der Waals surface area contributed by atoms with Crippen molar-refractivity contribution in [1.29, 1.82) is 0 Å². The van der Waals surface area contributed by atoms with Gasteiger partial charge in [-0.25, -0.2) is 0 Å². The monoisotopic (exact) mass is 424 g/mol. The quantitative estimate of drug-likeness (QED) is 0.561. The van der Waals surface area contributed by atoms with E-state index in [2.05, 4.69) is 22.2 Å².